The van der Waals surface area contributed by atoms with Gasteiger partial charge < -0.3 is 9.47 Å². The van der Waals surface area contributed by atoms with E-state index in [9.17, 15) is 4.79 Å². The van der Waals surface area contributed by atoms with Gasteiger partial charge in [-0.3, -0.25) is 4.79 Å². The van der Waals surface area contributed by atoms with Crippen LogP contribution in [0, 0.1) is 6.92 Å². The zero-order valence-corrected chi connectivity index (χ0v) is 12.6. The van der Waals surface area contributed by atoms with Gasteiger partial charge in [0.05, 0.1) is 0 Å². The molecule has 0 radical (unpaired) electrons. The highest BCUT2D eigenvalue weighted by Gasteiger charge is 2.19. The number of ketones is 1. The number of carbonyl (C=O) groups excluding carboxylic acids is 1. The van der Waals surface area contributed by atoms with Gasteiger partial charge in [0, 0.05) is 15.6 Å². The summed E-state index contributed by atoms with van der Waals surface area (Å²) in [5, 5.41) is 0. The third-order valence-corrected chi connectivity index (χ3v) is 3.81. The molecule has 3 rings (SSSR count). The molecule has 0 saturated heterocycles. The molecule has 0 aromatic heterocycles. The molecule has 2 aromatic rings. The van der Waals surface area contributed by atoms with Crippen molar-refractivity contribution in [3.8, 4) is 11.5 Å². The number of fused-ring (bicyclic) bond motifs is 1. The molecule has 0 fully saturated rings. The van der Waals surface area contributed by atoms with Crippen LogP contribution in [0.5, 0.6) is 11.5 Å². The lowest BCUT2D eigenvalue weighted by atomic mass is 10.0. The highest BCUT2D eigenvalue weighted by molar-refractivity contribution is 9.10. The van der Waals surface area contributed by atoms with Crippen molar-refractivity contribution in [3.63, 3.8) is 0 Å². The molecule has 0 spiro atoms. The van der Waals surface area contributed by atoms with Gasteiger partial charge >= 0.3 is 0 Å². The van der Waals surface area contributed by atoms with Gasteiger partial charge in [-0.1, -0.05) is 23.8 Å². The Hall–Kier alpha value is -1.81. The van der Waals surface area contributed by atoms with E-state index in [2.05, 4.69) is 15.9 Å². The Morgan fingerprint density at radius 3 is 2.50 bits per heavy atom. The lowest BCUT2D eigenvalue weighted by molar-refractivity contribution is 0.103. The van der Waals surface area contributed by atoms with E-state index in [0.29, 0.717) is 40.3 Å². The van der Waals surface area contributed by atoms with Crippen molar-refractivity contribution >= 4 is 21.7 Å². The standard InChI is InChI=1S/C16H13BrO3/c1-10-3-2-4-11(7-10)16(18)12-8-14-15(9-13(12)17)20-6-5-19-14/h2-4,7-9H,5-6H2,1H3. The summed E-state index contributed by atoms with van der Waals surface area (Å²) in [6.45, 7) is 3.01. The summed E-state index contributed by atoms with van der Waals surface area (Å²) in [5.41, 5.74) is 2.31. The molecule has 0 unspecified atom stereocenters. The fourth-order valence-electron chi connectivity index (χ4n) is 2.18. The molecule has 1 heterocycles. The van der Waals surface area contributed by atoms with Crippen LogP contribution >= 0.6 is 15.9 Å². The highest BCUT2D eigenvalue weighted by atomic mass is 79.9. The monoisotopic (exact) mass is 332 g/mol. The second-order valence-electron chi connectivity index (χ2n) is 4.67. The van der Waals surface area contributed by atoms with Crippen molar-refractivity contribution in [2.24, 2.45) is 0 Å². The molecule has 3 nitrogen and oxygen atoms in total. The average Bonchev–Trinajstić information content (AvgIpc) is 2.46. The molecule has 1 aliphatic heterocycles. The summed E-state index contributed by atoms with van der Waals surface area (Å²) >= 11 is 3.44. The number of carbonyl (C=O) groups is 1. The lowest BCUT2D eigenvalue weighted by Crippen LogP contribution is -2.16. The van der Waals surface area contributed by atoms with E-state index in [0.717, 1.165) is 5.56 Å². The van der Waals surface area contributed by atoms with Gasteiger partial charge in [0.1, 0.15) is 13.2 Å². The Balaban J connectivity index is 2.03. The first-order valence-corrected chi connectivity index (χ1v) is 7.15. The summed E-state index contributed by atoms with van der Waals surface area (Å²) in [7, 11) is 0. The SMILES string of the molecule is Cc1cccc(C(=O)c2cc3c(cc2Br)OCCO3)c1. The fraction of sp³-hybridized carbons (Fsp3) is 0.188. The maximum absolute atomic E-state index is 12.6. The lowest BCUT2D eigenvalue weighted by Gasteiger charge is -2.19. The van der Waals surface area contributed by atoms with Crippen molar-refractivity contribution < 1.29 is 14.3 Å². The van der Waals surface area contributed by atoms with E-state index in [1.54, 1.807) is 12.1 Å². The second kappa shape index (κ2) is 5.29. The summed E-state index contributed by atoms with van der Waals surface area (Å²) in [4.78, 5) is 12.6. The maximum Gasteiger partial charge on any atom is 0.194 e. The van der Waals surface area contributed by atoms with Crippen LogP contribution in [0.1, 0.15) is 21.5 Å². The van der Waals surface area contributed by atoms with Gasteiger partial charge in [0.15, 0.2) is 17.3 Å². The Bertz CT molecular complexity index is 679. The third-order valence-electron chi connectivity index (χ3n) is 3.16. The van der Waals surface area contributed by atoms with E-state index in [1.807, 2.05) is 31.2 Å². The zero-order valence-electron chi connectivity index (χ0n) is 11.0. The van der Waals surface area contributed by atoms with Crippen molar-refractivity contribution in [2.75, 3.05) is 13.2 Å². The molecular weight excluding hydrogens is 320 g/mol. The molecule has 4 heteroatoms. The van der Waals surface area contributed by atoms with Gasteiger partial charge in [-0.25, -0.2) is 0 Å². The molecule has 0 N–H and O–H groups in total. The van der Waals surface area contributed by atoms with Crippen LogP contribution in [0.15, 0.2) is 40.9 Å². The van der Waals surface area contributed by atoms with Crippen LogP contribution in [0.25, 0.3) is 0 Å². The number of aryl methyl sites for hydroxylation is 1. The molecule has 0 saturated carbocycles. The van der Waals surface area contributed by atoms with Gasteiger partial charge in [-0.15, -0.1) is 0 Å². The summed E-state index contributed by atoms with van der Waals surface area (Å²) in [5.74, 6) is 1.26. The maximum atomic E-state index is 12.6. The summed E-state index contributed by atoms with van der Waals surface area (Å²) in [6.07, 6.45) is 0. The third kappa shape index (κ3) is 2.43. The topological polar surface area (TPSA) is 35.5 Å². The summed E-state index contributed by atoms with van der Waals surface area (Å²) in [6, 6.07) is 11.1. The predicted octanol–water partition coefficient (Wildman–Crippen LogP) is 3.76. The molecular formula is C16H13BrO3. The number of benzene rings is 2. The number of hydrogen-bond acceptors (Lipinski definition) is 3. The minimum absolute atomic E-state index is 0.0300. The quantitative estimate of drug-likeness (QED) is 0.785. The molecule has 0 amide bonds. The van der Waals surface area contributed by atoms with Crippen LogP contribution < -0.4 is 9.47 Å². The molecule has 0 bridgehead atoms. The normalized spacial score (nSPS) is 13.1. The number of rotatable bonds is 2. The molecule has 0 atom stereocenters. The predicted molar refractivity (Wildman–Crippen MR) is 79.7 cm³/mol. The van der Waals surface area contributed by atoms with Crippen molar-refractivity contribution in [1.29, 1.82) is 0 Å². The average molecular weight is 333 g/mol. The van der Waals surface area contributed by atoms with Crippen LogP contribution in [-0.4, -0.2) is 19.0 Å². The zero-order chi connectivity index (χ0) is 14.1. The van der Waals surface area contributed by atoms with E-state index >= 15 is 0 Å². The first-order valence-electron chi connectivity index (χ1n) is 6.35. The molecule has 0 aliphatic carbocycles. The van der Waals surface area contributed by atoms with Crippen LogP contribution in [0.3, 0.4) is 0 Å². The molecule has 20 heavy (non-hydrogen) atoms. The number of hydrogen-bond donors (Lipinski definition) is 0. The van der Waals surface area contributed by atoms with Crippen molar-refractivity contribution in [2.45, 2.75) is 6.92 Å². The van der Waals surface area contributed by atoms with E-state index in [-0.39, 0.29) is 5.78 Å². The second-order valence-corrected chi connectivity index (χ2v) is 5.53. The van der Waals surface area contributed by atoms with E-state index in [1.165, 1.54) is 0 Å². The van der Waals surface area contributed by atoms with Crippen LogP contribution in [0.2, 0.25) is 0 Å². The number of ether oxygens (including phenoxy) is 2. The van der Waals surface area contributed by atoms with Gasteiger partial charge in [0.25, 0.3) is 0 Å². The van der Waals surface area contributed by atoms with Gasteiger partial charge in [-0.05, 0) is 41.1 Å². The Kier molecular flexibility index (Phi) is 3.49. The molecule has 2 aromatic carbocycles. The number of halogens is 1. The molecule has 1 aliphatic rings. The van der Waals surface area contributed by atoms with Crippen molar-refractivity contribution in [3.05, 3.63) is 57.6 Å². The van der Waals surface area contributed by atoms with E-state index < -0.39 is 0 Å². The fourth-order valence-corrected chi connectivity index (χ4v) is 2.68. The van der Waals surface area contributed by atoms with E-state index in [4.69, 9.17) is 9.47 Å². The highest BCUT2D eigenvalue weighted by Crippen LogP contribution is 2.36. The Morgan fingerprint density at radius 1 is 1.10 bits per heavy atom. The first kappa shape index (κ1) is 13.2. The van der Waals surface area contributed by atoms with Gasteiger partial charge in [0.2, 0.25) is 0 Å². The Labute approximate surface area is 125 Å². The van der Waals surface area contributed by atoms with Crippen LogP contribution in [0.4, 0.5) is 0 Å². The summed E-state index contributed by atoms with van der Waals surface area (Å²) < 4.78 is 11.7. The molecule has 102 valence electrons. The minimum Gasteiger partial charge on any atom is -0.486 e. The Morgan fingerprint density at radius 2 is 1.80 bits per heavy atom. The largest absolute Gasteiger partial charge is 0.486 e. The van der Waals surface area contributed by atoms with Crippen molar-refractivity contribution in [1.82, 2.24) is 0 Å². The first-order chi connectivity index (χ1) is 9.65. The smallest absolute Gasteiger partial charge is 0.194 e. The van der Waals surface area contributed by atoms with Gasteiger partial charge in [-0.2, -0.15) is 0 Å². The van der Waals surface area contributed by atoms with Crippen LogP contribution in [-0.2, 0) is 0 Å². The minimum atomic E-state index is -0.0300.